The van der Waals surface area contributed by atoms with Crippen molar-refractivity contribution in [2.75, 3.05) is 40.4 Å². The molecule has 3 rings (SSSR count). The number of halogens is 3. The van der Waals surface area contributed by atoms with E-state index in [1.54, 1.807) is 19.1 Å². The van der Waals surface area contributed by atoms with Gasteiger partial charge in [0.1, 0.15) is 0 Å². The van der Waals surface area contributed by atoms with Gasteiger partial charge in [0, 0.05) is 43.6 Å². The van der Waals surface area contributed by atoms with Gasteiger partial charge < -0.3 is 14.4 Å². The Morgan fingerprint density at radius 2 is 1.93 bits per heavy atom. The number of rotatable bonds is 6. The number of carbonyl (C=O) groups excluding carboxylic acids is 1. The molecule has 2 saturated heterocycles. The van der Waals surface area contributed by atoms with Crippen LogP contribution in [0.1, 0.15) is 37.7 Å². The third kappa shape index (κ3) is 5.35. The molecule has 0 radical (unpaired) electrons. The molecule has 2 aliphatic heterocycles. The summed E-state index contributed by atoms with van der Waals surface area (Å²) in [5.41, 5.74) is 1.01. The molecule has 1 aromatic carbocycles. The lowest BCUT2D eigenvalue weighted by atomic mass is 9.79. The number of hydrogen-bond acceptors (Lipinski definition) is 4. The maximum absolute atomic E-state index is 12.4. The normalized spacial score (nSPS) is 22.9. The van der Waals surface area contributed by atoms with Gasteiger partial charge in [0.15, 0.2) is 11.5 Å². The first-order valence-electron chi connectivity index (χ1n) is 10.0. The molecule has 1 aromatic rings. The molecule has 162 valence electrons. The van der Waals surface area contributed by atoms with Crippen LogP contribution in [-0.2, 0) is 11.3 Å². The summed E-state index contributed by atoms with van der Waals surface area (Å²) in [5, 5.41) is 0. The number of piperidine rings is 1. The summed E-state index contributed by atoms with van der Waals surface area (Å²) in [4.78, 5) is 16.2. The van der Waals surface area contributed by atoms with E-state index in [0.717, 1.165) is 43.7 Å². The van der Waals surface area contributed by atoms with Crippen LogP contribution in [-0.4, -0.2) is 62.3 Å². The second kappa shape index (κ2) is 8.81. The predicted octanol–water partition coefficient (Wildman–Crippen LogP) is 3.86. The van der Waals surface area contributed by atoms with Crippen LogP contribution in [0.15, 0.2) is 18.2 Å². The molecule has 0 aromatic heterocycles. The second-order valence-electron chi connectivity index (χ2n) is 8.15. The van der Waals surface area contributed by atoms with Crippen molar-refractivity contribution in [2.45, 2.75) is 44.8 Å². The van der Waals surface area contributed by atoms with E-state index in [4.69, 9.17) is 9.47 Å². The van der Waals surface area contributed by atoms with Crippen molar-refractivity contribution < 1.29 is 27.4 Å². The third-order valence-electron chi connectivity index (χ3n) is 6.03. The van der Waals surface area contributed by atoms with Crippen molar-refractivity contribution >= 4 is 5.91 Å². The molecule has 1 spiro atoms. The van der Waals surface area contributed by atoms with Crippen LogP contribution < -0.4 is 9.47 Å². The molecule has 2 fully saturated rings. The molecule has 8 heteroatoms. The zero-order chi connectivity index (χ0) is 21.1. The SMILES string of the molecule is COc1cccc(CN2CCCC3(CCN(C(=O)CCC(F)(F)F)C3)C2)c1OC. The summed E-state index contributed by atoms with van der Waals surface area (Å²) < 4.78 is 48.2. The Balaban J connectivity index is 1.62. The first-order valence-corrected chi connectivity index (χ1v) is 10.0. The van der Waals surface area contributed by atoms with Crippen molar-refractivity contribution in [3.05, 3.63) is 23.8 Å². The summed E-state index contributed by atoms with van der Waals surface area (Å²) in [6.45, 7) is 3.59. The van der Waals surface area contributed by atoms with Crippen molar-refractivity contribution in [3.63, 3.8) is 0 Å². The fourth-order valence-corrected chi connectivity index (χ4v) is 4.65. The summed E-state index contributed by atoms with van der Waals surface area (Å²) in [5.74, 6) is 1.04. The molecule has 2 aliphatic rings. The number of amides is 1. The minimum absolute atomic E-state index is 0.0295. The average Bonchev–Trinajstić information content (AvgIpc) is 3.08. The van der Waals surface area contributed by atoms with Gasteiger partial charge in [0.05, 0.1) is 20.6 Å². The van der Waals surface area contributed by atoms with Gasteiger partial charge in [-0.05, 0) is 31.9 Å². The van der Waals surface area contributed by atoms with Gasteiger partial charge in [-0.1, -0.05) is 12.1 Å². The highest BCUT2D eigenvalue weighted by Crippen LogP contribution is 2.41. The van der Waals surface area contributed by atoms with E-state index < -0.39 is 19.0 Å². The summed E-state index contributed by atoms with van der Waals surface area (Å²) in [6, 6.07) is 5.82. The first-order chi connectivity index (χ1) is 13.8. The fraction of sp³-hybridized carbons (Fsp3) is 0.667. The van der Waals surface area contributed by atoms with E-state index in [0.29, 0.717) is 25.4 Å². The molecule has 0 saturated carbocycles. The highest BCUT2D eigenvalue weighted by atomic mass is 19.4. The number of ether oxygens (including phenoxy) is 2. The Bertz CT molecular complexity index is 726. The standard InChI is InChI=1S/C21H29F3N2O3/c1-28-17-6-3-5-16(19(17)29-2)13-25-11-4-8-20(14-25)10-12-26(15-20)18(27)7-9-21(22,23)24/h3,5-6H,4,7-15H2,1-2H3. The zero-order valence-corrected chi connectivity index (χ0v) is 17.1. The van der Waals surface area contributed by atoms with Crippen molar-refractivity contribution in [1.29, 1.82) is 0 Å². The van der Waals surface area contributed by atoms with Crippen LogP contribution in [0.5, 0.6) is 11.5 Å². The number of carbonyl (C=O) groups is 1. The van der Waals surface area contributed by atoms with E-state index in [2.05, 4.69) is 4.90 Å². The molecule has 0 bridgehead atoms. The number of hydrogen-bond donors (Lipinski definition) is 0. The zero-order valence-electron chi connectivity index (χ0n) is 17.1. The smallest absolute Gasteiger partial charge is 0.389 e. The van der Waals surface area contributed by atoms with Crippen LogP contribution >= 0.6 is 0 Å². The molecular weight excluding hydrogens is 385 g/mol. The minimum atomic E-state index is -4.29. The van der Waals surface area contributed by atoms with E-state index in [1.807, 2.05) is 18.2 Å². The van der Waals surface area contributed by atoms with E-state index in [1.165, 1.54) is 0 Å². The van der Waals surface area contributed by atoms with E-state index >= 15 is 0 Å². The molecule has 1 unspecified atom stereocenters. The van der Waals surface area contributed by atoms with Crippen molar-refractivity contribution in [2.24, 2.45) is 5.41 Å². The highest BCUT2D eigenvalue weighted by Gasteiger charge is 2.43. The van der Waals surface area contributed by atoms with Crippen LogP contribution in [0.3, 0.4) is 0 Å². The van der Waals surface area contributed by atoms with Crippen LogP contribution in [0.25, 0.3) is 0 Å². The van der Waals surface area contributed by atoms with Gasteiger partial charge in [0.2, 0.25) is 5.91 Å². The van der Waals surface area contributed by atoms with E-state index in [-0.39, 0.29) is 11.3 Å². The Hall–Kier alpha value is -1.96. The molecule has 2 heterocycles. The number of nitrogens with zero attached hydrogens (tertiary/aromatic N) is 2. The topological polar surface area (TPSA) is 42.0 Å². The van der Waals surface area contributed by atoms with Crippen LogP contribution in [0.2, 0.25) is 0 Å². The maximum Gasteiger partial charge on any atom is 0.389 e. The van der Waals surface area contributed by atoms with Crippen molar-refractivity contribution in [3.8, 4) is 11.5 Å². The van der Waals surface area contributed by atoms with Gasteiger partial charge in [-0.25, -0.2) is 0 Å². The monoisotopic (exact) mass is 414 g/mol. The Morgan fingerprint density at radius 3 is 2.62 bits per heavy atom. The summed E-state index contributed by atoms with van der Waals surface area (Å²) >= 11 is 0. The average molecular weight is 414 g/mol. The largest absolute Gasteiger partial charge is 0.493 e. The van der Waals surface area contributed by atoms with Crippen molar-refractivity contribution in [1.82, 2.24) is 9.80 Å². The second-order valence-corrected chi connectivity index (χ2v) is 8.15. The Morgan fingerprint density at radius 1 is 1.14 bits per heavy atom. The molecular formula is C21H29F3N2O3. The van der Waals surface area contributed by atoms with Gasteiger partial charge in [0.25, 0.3) is 0 Å². The van der Waals surface area contributed by atoms with Crippen LogP contribution in [0, 0.1) is 5.41 Å². The van der Waals surface area contributed by atoms with Gasteiger partial charge in [-0.15, -0.1) is 0 Å². The number of methoxy groups -OCH3 is 2. The molecule has 1 amide bonds. The Labute approximate surface area is 169 Å². The van der Waals surface area contributed by atoms with Gasteiger partial charge in [-0.2, -0.15) is 13.2 Å². The molecule has 29 heavy (non-hydrogen) atoms. The van der Waals surface area contributed by atoms with Gasteiger partial charge >= 0.3 is 6.18 Å². The number of benzene rings is 1. The molecule has 1 atom stereocenters. The molecule has 5 nitrogen and oxygen atoms in total. The lowest BCUT2D eigenvalue weighted by Crippen LogP contribution is -2.45. The lowest BCUT2D eigenvalue weighted by molar-refractivity contribution is -0.148. The summed E-state index contributed by atoms with van der Waals surface area (Å²) in [6.07, 6.45) is -2.93. The van der Waals surface area contributed by atoms with E-state index in [9.17, 15) is 18.0 Å². The first kappa shape index (κ1) is 21.7. The van der Waals surface area contributed by atoms with Gasteiger partial charge in [-0.3, -0.25) is 9.69 Å². The predicted molar refractivity (Wildman–Crippen MR) is 103 cm³/mol. The lowest BCUT2D eigenvalue weighted by Gasteiger charge is -2.40. The maximum atomic E-state index is 12.4. The molecule has 0 aliphatic carbocycles. The fourth-order valence-electron chi connectivity index (χ4n) is 4.65. The quantitative estimate of drug-likeness (QED) is 0.709. The summed E-state index contributed by atoms with van der Waals surface area (Å²) in [7, 11) is 3.24. The number of para-hydroxylation sites is 1. The minimum Gasteiger partial charge on any atom is -0.493 e. The van der Waals surface area contributed by atoms with Crippen LogP contribution in [0.4, 0.5) is 13.2 Å². The highest BCUT2D eigenvalue weighted by molar-refractivity contribution is 5.76. The number of alkyl halides is 3. The Kier molecular flexibility index (Phi) is 6.61. The number of likely N-dealkylation sites (tertiary alicyclic amines) is 2. The third-order valence-corrected chi connectivity index (χ3v) is 6.03. The molecule has 0 N–H and O–H groups in total.